The van der Waals surface area contributed by atoms with E-state index in [1.54, 1.807) is 44.6 Å². The predicted molar refractivity (Wildman–Crippen MR) is 108 cm³/mol. The molecule has 0 spiro atoms. The minimum absolute atomic E-state index is 0.299. The van der Waals surface area contributed by atoms with Crippen LogP contribution in [0.4, 0.5) is 17.2 Å². The van der Waals surface area contributed by atoms with Crippen molar-refractivity contribution >= 4 is 23.1 Å². The summed E-state index contributed by atoms with van der Waals surface area (Å²) in [4.78, 5) is 16.9. The summed E-state index contributed by atoms with van der Waals surface area (Å²) in [6.45, 7) is 0. The van der Waals surface area contributed by atoms with Crippen molar-refractivity contribution in [2.75, 3.05) is 32.0 Å². The number of pyridine rings is 1. The molecule has 0 fully saturated rings. The maximum Gasteiger partial charge on any atom is 0.257 e. The Kier molecular flexibility index (Phi) is 5.96. The van der Waals surface area contributed by atoms with Gasteiger partial charge in [0, 0.05) is 24.0 Å². The Morgan fingerprint density at radius 1 is 0.893 bits per heavy atom. The van der Waals surface area contributed by atoms with Gasteiger partial charge in [0.1, 0.15) is 23.1 Å². The number of rotatable bonds is 7. The van der Waals surface area contributed by atoms with E-state index in [4.69, 9.17) is 14.2 Å². The van der Waals surface area contributed by atoms with E-state index in [1.165, 1.54) is 13.3 Å². The molecule has 0 aliphatic rings. The molecule has 1 amide bonds. The fourth-order valence-corrected chi connectivity index (χ4v) is 2.56. The Labute approximate surface area is 163 Å². The molecule has 0 aliphatic carbocycles. The third-order valence-corrected chi connectivity index (χ3v) is 4.02. The molecule has 1 aromatic heterocycles. The van der Waals surface area contributed by atoms with Gasteiger partial charge in [0.25, 0.3) is 5.91 Å². The average Bonchev–Trinajstić information content (AvgIpc) is 2.74. The van der Waals surface area contributed by atoms with Crippen molar-refractivity contribution < 1.29 is 19.0 Å². The van der Waals surface area contributed by atoms with Gasteiger partial charge in [-0.15, -0.1) is 0 Å². The van der Waals surface area contributed by atoms with E-state index in [1.807, 2.05) is 24.3 Å². The number of nitrogens with one attached hydrogen (secondary N) is 2. The van der Waals surface area contributed by atoms with Gasteiger partial charge in [0.15, 0.2) is 0 Å². The first-order valence-corrected chi connectivity index (χ1v) is 8.53. The van der Waals surface area contributed by atoms with Crippen molar-refractivity contribution in [1.82, 2.24) is 4.98 Å². The number of hydrogen-bond donors (Lipinski definition) is 2. The van der Waals surface area contributed by atoms with E-state index in [0.717, 1.165) is 11.4 Å². The highest BCUT2D eigenvalue weighted by molar-refractivity contribution is 6.05. The SMILES string of the molecule is COc1cccc(Nc2ccc(C(=O)Nc3cc(OC)ccc3OC)cn2)c1. The maximum atomic E-state index is 12.6. The zero-order chi connectivity index (χ0) is 19.9. The van der Waals surface area contributed by atoms with Crippen LogP contribution in [0, 0.1) is 0 Å². The van der Waals surface area contributed by atoms with E-state index >= 15 is 0 Å². The molecule has 0 radical (unpaired) electrons. The van der Waals surface area contributed by atoms with Crippen LogP contribution in [0.15, 0.2) is 60.8 Å². The summed E-state index contributed by atoms with van der Waals surface area (Å²) in [5.74, 6) is 2.22. The molecule has 2 aromatic carbocycles. The lowest BCUT2D eigenvalue weighted by molar-refractivity contribution is 0.102. The van der Waals surface area contributed by atoms with Crippen LogP contribution in [0.5, 0.6) is 17.2 Å². The monoisotopic (exact) mass is 379 g/mol. The molecule has 0 unspecified atom stereocenters. The molecule has 1 heterocycles. The molecular weight excluding hydrogens is 358 g/mol. The molecule has 0 bridgehead atoms. The fourth-order valence-electron chi connectivity index (χ4n) is 2.56. The number of ether oxygens (including phenoxy) is 3. The molecule has 3 rings (SSSR count). The molecule has 2 N–H and O–H groups in total. The number of anilines is 3. The summed E-state index contributed by atoms with van der Waals surface area (Å²) in [6.07, 6.45) is 1.50. The van der Waals surface area contributed by atoms with E-state index in [9.17, 15) is 4.79 Å². The number of aromatic nitrogens is 1. The molecule has 7 nitrogen and oxygen atoms in total. The summed E-state index contributed by atoms with van der Waals surface area (Å²) in [5, 5.41) is 5.98. The molecule has 144 valence electrons. The quantitative estimate of drug-likeness (QED) is 0.643. The van der Waals surface area contributed by atoms with Gasteiger partial charge in [-0.2, -0.15) is 0 Å². The van der Waals surface area contributed by atoms with Crippen LogP contribution < -0.4 is 24.8 Å². The standard InChI is InChI=1S/C21H21N3O4/c1-26-16-6-4-5-15(11-16)23-20-10-7-14(13-22-20)21(25)24-18-12-17(27-2)8-9-19(18)28-3/h4-13H,1-3H3,(H,22,23)(H,24,25). The molecule has 7 heteroatoms. The van der Waals surface area contributed by atoms with Crippen LogP contribution in [-0.4, -0.2) is 32.2 Å². The Hall–Kier alpha value is -3.74. The highest BCUT2D eigenvalue weighted by atomic mass is 16.5. The summed E-state index contributed by atoms with van der Waals surface area (Å²) in [7, 11) is 4.71. The van der Waals surface area contributed by atoms with Crippen LogP contribution in [0.2, 0.25) is 0 Å². The van der Waals surface area contributed by atoms with Gasteiger partial charge in [0.05, 0.1) is 32.6 Å². The number of methoxy groups -OCH3 is 3. The lowest BCUT2D eigenvalue weighted by Crippen LogP contribution is -2.13. The van der Waals surface area contributed by atoms with Crippen LogP contribution in [0.25, 0.3) is 0 Å². The summed E-state index contributed by atoms with van der Waals surface area (Å²) >= 11 is 0. The van der Waals surface area contributed by atoms with Crippen LogP contribution in [-0.2, 0) is 0 Å². The van der Waals surface area contributed by atoms with Gasteiger partial charge in [0.2, 0.25) is 0 Å². The molecule has 3 aromatic rings. The number of hydrogen-bond acceptors (Lipinski definition) is 6. The second-order valence-corrected chi connectivity index (χ2v) is 5.81. The lowest BCUT2D eigenvalue weighted by atomic mass is 10.2. The third kappa shape index (κ3) is 4.50. The molecular formula is C21H21N3O4. The summed E-state index contributed by atoms with van der Waals surface area (Å²) in [6, 6.07) is 16.1. The minimum atomic E-state index is -0.299. The van der Waals surface area contributed by atoms with Crippen LogP contribution in [0.1, 0.15) is 10.4 Å². The first-order chi connectivity index (χ1) is 13.6. The zero-order valence-corrected chi connectivity index (χ0v) is 15.9. The predicted octanol–water partition coefficient (Wildman–Crippen LogP) is 4.10. The Bertz CT molecular complexity index is 958. The smallest absolute Gasteiger partial charge is 0.257 e. The van der Waals surface area contributed by atoms with Crippen molar-refractivity contribution in [3.05, 3.63) is 66.4 Å². The second-order valence-electron chi connectivity index (χ2n) is 5.81. The van der Waals surface area contributed by atoms with Gasteiger partial charge < -0.3 is 24.8 Å². The molecule has 0 saturated heterocycles. The van der Waals surface area contributed by atoms with Gasteiger partial charge >= 0.3 is 0 Å². The number of nitrogens with zero attached hydrogens (tertiary/aromatic N) is 1. The average molecular weight is 379 g/mol. The Morgan fingerprint density at radius 3 is 2.36 bits per heavy atom. The summed E-state index contributed by atoms with van der Waals surface area (Å²) in [5.41, 5.74) is 1.77. The normalized spacial score (nSPS) is 10.1. The Balaban J connectivity index is 1.72. The largest absolute Gasteiger partial charge is 0.497 e. The van der Waals surface area contributed by atoms with E-state index in [2.05, 4.69) is 15.6 Å². The number of benzene rings is 2. The maximum absolute atomic E-state index is 12.6. The summed E-state index contributed by atoms with van der Waals surface area (Å²) < 4.78 is 15.7. The van der Waals surface area contributed by atoms with Crippen molar-refractivity contribution in [3.63, 3.8) is 0 Å². The van der Waals surface area contributed by atoms with Gasteiger partial charge in [-0.25, -0.2) is 4.98 Å². The van der Waals surface area contributed by atoms with Crippen LogP contribution in [0.3, 0.4) is 0 Å². The fraction of sp³-hybridized carbons (Fsp3) is 0.143. The second kappa shape index (κ2) is 8.77. The molecule has 0 aliphatic heterocycles. The lowest BCUT2D eigenvalue weighted by Gasteiger charge is -2.12. The number of amides is 1. The van der Waals surface area contributed by atoms with Crippen molar-refractivity contribution in [1.29, 1.82) is 0 Å². The highest BCUT2D eigenvalue weighted by Crippen LogP contribution is 2.29. The van der Waals surface area contributed by atoms with E-state index < -0.39 is 0 Å². The van der Waals surface area contributed by atoms with Gasteiger partial charge in [-0.3, -0.25) is 4.79 Å². The van der Waals surface area contributed by atoms with E-state index in [-0.39, 0.29) is 5.91 Å². The van der Waals surface area contributed by atoms with Crippen molar-refractivity contribution in [3.8, 4) is 17.2 Å². The van der Waals surface area contributed by atoms with Gasteiger partial charge in [-0.05, 0) is 36.4 Å². The highest BCUT2D eigenvalue weighted by Gasteiger charge is 2.11. The molecule has 0 atom stereocenters. The molecule has 28 heavy (non-hydrogen) atoms. The van der Waals surface area contributed by atoms with Crippen molar-refractivity contribution in [2.45, 2.75) is 0 Å². The van der Waals surface area contributed by atoms with Crippen molar-refractivity contribution in [2.24, 2.45) is 0 Å². The minimum Gasteiger partial charge on any atom is -0.497 e. The van der Waals surface area contributed by atoms with Gasteiger partial charge in [-0.1, -0.05) is 6.07 Å². The zero-order valence-electron chi connectivity index (χ0n) is 15.9. The third-order valence-electron chi connectivity index (χ3n) is 4.02. The number of carbonyl (C=O) groups excluding carboxylic acids is 1. The van der Waals surface area contributed by atoms with E-state index in [0.29, 0.717) is 28.6 Å². The first-order valence-electron chi connectivity index (χ1n) is 8.53. The van der Waals surface area contributed by atoms with Crippen LogP contribution >= 0.6 is 0 Å². The molecule has 0 saturated carbocycles. The Morgan fingerprint density at radius 2 is 1.68 bits per heavy atom. The first kappa shape index (κ1) is 19.0. The number of carbonyl (C=O) groups is 1. The topological polar surface area (TPSA) is 81.7 Å².